The van der Waals surface area contributed by atoms with Gasteiger partial charge in [-0.2, -0.15) is 11.8 Å². The van der Waals surface area contributed by atoms with Crippen LogP contribution >= 0.6 is 11.8 Å². The first-order valence-corrected chi connectivity index (χ1v) is 8.30. The number of methoxy groups -OCH3 is 1. The summed E-state index contributed by atoms with van der Waals surface area (Å²) in [5.41, 5.74) is 5.06. The first-order chi connectivity index (χ1) is 10.0. The quantitative estimate of drug-likeness (QED) is 0.382. The Morgan fingerprint density at radius 2 is 1.95 bits per heavy atom. The molecule has 0 saturated carbocycles. The molecule has 0 aromatic rings. The van der Waals surface area contributed by atoms with E-state index >= 15 is 0 Å². The molecule has 0 saturated heterocycles. The molecule has 1 atom stereocenters. The van der Waals surface area contributed by atoms with E-state index in [1.807, 2.05) is 6.26 Å². The second-order valence-electron chi connectivity index (χ2n) is 4.52. The molecule has 0 fully saturated rings. The smallest absolute Gasteiger partial charge is 0.312 e. The molecule has 7 nitrogen and oxygen atoms in total. The Kier molecular flexibility index (Phi) is 11.5. The molecule has 0 aromatic carbocycles. The predicted molar refractivity (Wildman–Crippen MR) is 83.0 cm³/mol. The molecule has 0 rings (SSSR count). The summed E-state index contributed by atoms with van der Waals surface area (Å²) in [6, 6.07) is -1.29. The maximum Gasteiger partial charge on any atom is 0.312 e. The fourth-order valence-electron chi connectivity index (χ4n) is 1.68. The largest absolute Gasteiger partial charge is 0.469 e. The number of amides is 3. The van der Waals surface area contributed by atoms with Gasteiger partial charge in [-0.05, 0) is 31.3 Å². The molecule has 0 aliphatic carbocycles. The Hall–Kier alpha value is -1.44. The Labute approximate surface area is 129 Å². The van der Waals surface area contributed by atoms with E-state index in [0.717, 1.165) is 25.0 Å². The molecule has 122 valence electrons. The minimum Gasteiger partial charge on any atom is -0.469 e. The van der Waals surface area contributed by atoms with E-state index in [1.165, 1.54) is 7.11 Å². The van der Waals surface area contributed by atoms with Crippen LogP contribution in [-0.4, -0.2) is 49.6 Å². The number of thioether (sulfide) groups is 1. The second kappa shape index (κ2) is 12.3. The minimum atomic E-state index is -0.700. The van der Waals surface area contributed by atoms with Gasteiger partial charge in [-0.3, -0.25) is 9.59 Å². The monoisotopic (exact) mass is 319 g/mol. The van der Waals surface area contributed by atoms with Crippen molar-refractivity contribution in [3.05, 3.63) is 0 Å². The highest BCUT2D eigenvalue weighted by molar-refractivity contribution is 7.98. The maximum atomic E-state index is 11.9. The Bertz CT molecular complexity index is 339. The van der Waals surface area contributed by atoms with Crippen LogP contribution < -0.4 is 16.4 Å². The minimum absolute atomic E-state index is 0.221. The van der Waals surface area contributed by atoms with E-state index in [0.29, 0.717) is 19.4 Å². The summed E-state index contributed by atoms with van der Waals surface area (Å²) in [4.78, 5) is 33.7. The first-order valence-electron chi connectivity index (χ1n) is 6.90. The lowest BCUT2D eigenvalue weighted by Gasteiger charge is -2.16. The lowest BCUT2D eigenvalue weighted by atomic mass is 10.2. The van der Waals surface area contributed by atoms with Crippen molar-refractivity contribution >= 4 is 29.7 Å². The van der Waals surface area contributed by atoms with Gasteiger partial charge in [0.15, 0.2) is 0 Å². The number of urea groups is 1. The average molecular weight is 319 g/mol. The van der Waals surface area contributed by atoms with Crippen LogP contribution in [0.3, 0.4) is 0 Å². The molecule has 0 spiro atoms. The van der Waals surface area contributed by atoms with Crippen LogP contribution in [-0.2, 0) is 14.3 Å². The van der Waals surface area contributed by atoms with Crippen molar-refractivity contribution in [3.63, 3.8) is 0 Å². The van der Waals surface area contributed by atoms with Crippen molar-refractivity contribution in [3.8, 4) is 0 Å². The molecule has 8 heteroatoms. The fourth-order valence-corrected chi connectivity index (χ4v) is 2.16. The van der Waals surface area contributed by atoms with Gasteiger partial charge in [0, 0.05) is 13.0 Å². The average Bonchev–Trinajstić information content (AvgIpc) is 2.45. The number of nitrogens with one attached hydrogen (secondary N) is 2. The van der Waals surface area contributed by atoms with Crippen LogP contribution in [0.4, 0.5) is 4.79 Å². The summed E-state index contributed by atoms with van der Waals surface area (Å²) in [6.45, 7) is 0.510. The normalized spacial score (nSPS) is 11.5. The highest BCUT2D eigenvalue weighted by Gasteiger charge is 2.18. The van der Waals surface area contributed by atoms with E-state index in [4.69, 9.17) is 5.73 Å². The van der Waals surface area contributed by atoms with Crippen molar-refractivity contribution in [1.82, 2.24) is 10.6 Å². The Balaban J connectivity index is 3.86. The number of rotatable bonds is 11. The molecule has 0 heterocycles. The van der Waals surface area contributed by atoms with Gasteiger partial charge in [0.05, 0.1) is 7.11 Å². The number of nitrogens with two attached hydrogens (primary N) is 1. The van der Waals surface area contributed by atoms with Crippen molar-refractivity contribution < 1.29 is 19.1 Å². The maximum absolute atomic E-state index is 11.9. The van der Waals surface area contributed by atoms with Gasteiger partial charge >= 0.3 is 12.0 Å². The van der Waals surface area contributed by atoms with Gasteiger partial charge in [0.2, 0.25) is 5.91 Å². The molecular formula is C13H25N3O4S. The molecule has 0 aromatic heterocycles. The van der Waals surface area contributed by atoms with E-state index in [9.17, 15) is 14.4 Å². The molecule has 3 amide bonds. The highest BCUT2D eigenvalue weighted by atomic mass is 32.2. The van der Waals surface area contributed by atoms with Crippen LogP contribution in [0.2, 0.25) is 0 Å². The van der Waals surface area contributed by atoms with Crippen LogP contribution in [0.15, 0.2) is 0 Å². The molecule has 0 aliphatic rings. The summed E-state index contributed by atoms with van der Waals surface area (Å²) >= 11 is 1.60. The number of carbonyl (C=O) groups is 3. The van der Waals surface area contributed by atoms with Crippen LogP contribution in [0, 0.1) is 0 Å². The molecule has 4 N–H and O–H groups in total. The summed E-state index contributed by atoms with van der Waals surface area (Å²) in [5.74, 6) is 0.315. The SMILES string of the molecule is COC(=O)CCCCCNC(=O)C(CCSC)NC(N)=O. The summed E-state index contributed by atoms with van der Waals surface area (Å²) in [5, 5.41) is 5.21. The van der Waals surface area contributed by atoms with E-state index in [-0.39, 0.29) is 11.9 Å². The van der Waals surface area contributed by atoms with Crippen molar-refractivity contribution in [2.24, 2.45) is 5.73 Å². The number of hydrogen-bond acceptors (Lipinski definition) is 5. The summed E-state index contributed by atoms with van der Waals surface area (Å²) < 4.78 is 4.54. The zero-order chi connectivity index (χ0) is 16.1. The second-order valence-corrected chi connectivity index (χ2v) is 5.51. The van der Waals surface area contributed by atoms with Crippen molar-refractivity contribution in [2.45, 2.75) is 38.1 Å². The number of hydrogen-bond donors (Lipinski definition) is 3. The van der Waals surface area contributed by atoms with E-state index < -0.39 is 12.1 Å². The predicted octanol–water partition coefficient (Wildman–Crippen LogP) is 0.626. The zero-order valence-corrected chi connectivity index (χ0v) is 13.5. The molecule has 1 unspecified atom stereocenters. The van der Waals surface area contributed by atoms with Crippen LogP contribution in [0.25, 0.3) is 0 Å². The number of esters is 1. The fraction of sp³-hybridized carbons (Fsp3) is 0.769. The number of ether oxygens (including phenoxy) is 1. The number of primary amides is 1. The van der Waals surface area contributed by atoms with Gasteiger partial charge in [0.1, 0.15) is 6.04 Å². The number of unbranched alkanes of at least 4 members (excludes halogenated alkanes) is 2. The Morgan fingerprint density at radius 1 is 1.24 bits per heavy atom. The van der Waals surface area contributed by atoms with E-state index in [1.54, 1.807) is 11.8 Å². The third-order valence-electron chi connectivity index (χ3n) is 2.83. The summed E-state index contributed by atoms with van der Waals surface area (Å²) in [7, 11) is 1.36. The highest BCUT2D eigenvalue weighted by Crippen LogP contribution is 2.02. The van der Waals surface area contributed by atoms with Gasteiger partial charge in [-0.15, -0.1) is 0 Å². The van der Waals surface area contributed by atoms with Gasteiger partial charge in [-0.1, -0.05) is 6.42 Å². The molecule has 0 bridgehead atoms. The third-order valence-corrected chi connectivity index (χ3v) is 3.47. The first kappa shape index (κ1) is 19.6. The number of carbonyl (C=O) groups excluding carboxylic acids is 3. The van der Waals surface area contributed by atoms with Crippen molar-refractivity contribution in [1.29, 1.82) is 0 Å². The van der Waals surface area contributed by atoms with Crippen LogP contribution in [0.1, 0.15) is 32.1 Å². The zero-order valence-electron chi connectivity index (χ0n) is 12.6. The third kappa shape index (κ3) is 10.9. The molecule has 21 heavy (non-hydrogen) atoms. The van der Waals surface area contributed by atoms with Gasteiger partial charge in [-0.25, -0.2) is 4.79 Å². The summed E-state index contributed by atoms with van der Waals surface area (Å²) in [6.07, 6.45) is 5.20. The van der Waals surface area contributed by atoms with E-state index in [2.05, 4.69) is 15.4 Å². The lowest BCUT2D eigenvalue weighted by molar-refractivity contribution is -0.140. The topological polar surface area (TPSA) is 111 Å². The van der Waals surface area contributed by atoms with Gasteiger partial charge < -0.3 is 21.1 Å². The Morgan fingerprint density at radius 3 is 2.52 bits per heavy atom. The lowest BCUT2D eigenvalue weighted by Crippen LogP contribution is -2.49. The standard InChI is InChI=1S/C13H25N3O4S/c1-20-11(17)6-4-3-5-8-15-12(18)10(7-9-21-2)16-13(14)19/h10H,3-9H2,1-2H3,(H,15,18)(H3,14,16,19). The molecular weight excluding hydrogens is 294 g/mol. The molecule has 0 aliphatic heterocycles. The van der Waals surface area contributed by atoms with Crippen molar-refractivity contribution in [2.75, 3.05) is 25.7 Å². The molecule has 0 radical (unpaired) electrons. The van der Waals surface area contributed by atoms with Crippen LogP contribution in [0.5, 0.6) is 0 Å². The van der Waals surface area contributed by atoms with Gasteiger partial charge in [0.25, 0.3) is 0 Å².